The van der Waals surface area contributed by atoms with Gasteiger partial charge in [-0.25, -0.2) is 0 Å². The van der Waals surface area contributed by atoms with E-state index in [4.69, 9.17) is 5.11 Å². The Morgan fingerprint density at radius 1 is 1.22 bits per heavy atom. The highest BCUT2D eigenvalue weighted by Crippen LogP contribution is 2.36. The van der Waals surface area contributed by atoms with Crippen LogP contribution in [0.15, 0.2) is 12.2 Å². The third-order valence-electron chi connectivity index (χ3n) is 5.07. The number of ketones is 2. The van der Waals surface area contributed by atoms with Crippen LogP contribution in [-0.2, 0) is 14.4 Å². The Kier molecular flexibility index (Phi) is 9.77. The van der Waals surface area contributed by atoms with Crippen LogP contribution in [0.25, 0.3) is 0 Å². The molecule has 0 spiro atoms. The molecular weight excluding hydrogens is 358 g/mol. The highest BCUT2D eigenvalue weighted by molar-refractivity contribution is 5.85. The molecule has 1 aliphatic carbocycles. The minimum atomic E-state index is -3.29. The summed E-state index contributed by atoms with van der Waals surface area (Å²) >= 11 is 0. The summed E-state index contributed by atoms with van der Waals surface area (Å²) in [4.78, 5) is 34.2. The van der Waals surface area contributed by atoms with Crippen LogP contribution in [0.4, 0.5) is 8.78 Å². The quantitative estimate of drug-likeness (QED) is 0.368. The lowest BCUT2D eigenvalue weighted by Crippen LogP contribution is -2.28. The minimum absolute atomic E-state index is 0.0506. The number of aliphatic hydroxyl groups excluding tert-OH is 1. The fourth-order valence-electron chi connectivity index (χ4n) is 3.58. The smallest absolute Gasteiger partial charge is 0.305 e. The lowest BCUT2D eigenvalue weighted by molar-refractivity contribution is -0.144. The van der Waals surface area contributed by atoms with Crippen molar-refractivity contribution in [1.29, 1.82) is 0 Å². The van der Waals surface area contributed by atoms with Crippen molar-refractivity contribution in [3.05, 3.63) is 12.2 Å². The number of aliphatic carboxylic acids is 1. The molecule has 0 heterocycles. The second kappa shape index (κ2) is 11.3. The normalized spacial score (nSPS) is 23.3. The van der Waals surface area contributed by atoms with E-state index in [1.54, 1.807) is 6.92 Å². The molecule has 0 bridgehead atoms. The number of carboxylic acid groups (broad SMARTS) is 1. The molecule has 2 N–H and O–H groups in total. The first-order chi connectivity index (χ1) is 12.7. The highest BCUT2D eigenvalue weighted by atomic mass is 19.3. The standard InChI is InChI=1S/C20H30F2O5/c1-2-12-20(21,22)18(25)10-7-9-15-14(16(23)13-17(15)24)8-5-3-4-6-11-19(26)27/h3,5,14-15,17,24H,2,4,6-13H2,1H3,(H,26,27)/t14-,15-,17-/m1/s1. The number of carbonyl (C=O) groups excluding carboxylic acids is 2. The molecule has 1 saturated carbocycles. The molecule has 1 aliphatic rings. The Morgan fingerprint density at radius 2 is 1.93 bits per heavy atom. The molecule has 1 fully saturated rings. The molecule has 0 unspecified atom stereocenters. The SMILES string of the molecule is CCCC(F)(F)C(=O)CCC[C@H]1[C@H](O)CC(=O)[C@@H]1CC=CCCCC(=O)O. The van der Waals surface area contributed by atoms with Gasteiger partial charge in [-0.2, -0.15) is 8.78 Å². The summed E-state index contributed by atoms with van der Waals surface area (Å²) in [6, 6.07) is 0. The summed E-state index contributed by atoms with van der Waals surface area (Å²) in [6.45, 7) is 1.60. The molecule has 3 atom stereocenters. The summed E-state index contributed by atoms with van der Waals surface area (Å²) < 4.78 is 27.1. The van der Waals surface area contributed by atoms with Gasteiger partial charge in [0.05, 0.1) is 6.10 Å². The van der Waals surface area contributed by atoms with Gasteiger partial charge in [-0.3, -0.25) is 14.4 Å². The Labute approximate surface area is 158 Å². The van der Waals surface area contributed by atoms with Gasteiger partial charge in [-0.15, -0.1) is 0 Å². The van der Waals surface area contributed by atoms with E-state index in [1.807, 2.05) is 12.2 Å². The number of unbranched alkanes of at least 4 members (excludes halogenated alkanes) is 1. The highest BCUT2D eigenvalue weighted by Gasteiger charge is 2.41. The average molecular weight is 388 g/mol. The molecule has 0 saturated heterocycles. The van der Waals surface area contributed by atoms with Crippen LogP contribution in [0, 0.1) is 11.8 Å². The van der Waals surface area contributed by atoms with E-state index in [0.717, 1.165) is 0 Å². The van der Waals surface area contributed by atoms with Crippen LogP contribution < -0.4 is 0 Å². The number of aliphatic hydroxyl groups is 1. The van der Waals surface area contributed by atoms with Gasteiger partial charge < -0.3 is 10.2 Å². The van der Waals surface area contributed by atoms with E-state index in [-0.39, 0.29) is 49.7 Å². The molecule has 0 aliphatic heterocycles. The number of hydrogen-bond acceptors (Lipinski definition) is 4. The molecule has 154 valence electrons. The number of allylic oxidation sites excluding steroid dienone is 2. The number of carboxylic acids is 1. The van der Waals surface area contributed by atoms with Gasteiger partial charge in [0.2, 0.25) is 5.78 Å². The first kappa shape index (κ1) is 23.4. The lowest BCUT2D eigenvalue weighted by Gasteiger charge is -2.20. The summed E-state index contributed by atoms with van der Waals surface area (Å²) in [6.07, 6.45) is 4.66. The second-order valence-electron chi connectivity index (χ2n) is 7.27. The van der Waals surface area contributed by atoms with Gasteiger partial charge in [-0.05, 0) is 44.4 Å². The van der Waals surface area contributed by atoms with Crippen molar-refractivity contribution in [2.45, 2.75) is 83.2 Å². The third kappa shape index (κ3) is 7.87. The summed E-state index contributed by atoms with van der Waals surface area (Å²) in [5, 5.41) is 18.7. The van der Waals surface area contributed by atoms with E-state index >= 15 is 0 Å². The maximum absolute atomic E-state index is 13.6. The van der Waals surface area contributed by atoms with Crippen molar-refractivity contribution >= 4 is 17.5 Å². The van der Waals surface area contributed by atoms with Crippen molar-refractivity contribution in [1.82, 2.24) is 0 Å². The molecule has 0 amide bonds. The molecular formula is C20H30F2O5. The number of hydrogen-bond donors (Lipinski definition) is 2. The van der Waals surface area contributed by atoms with Crippen LogP contribution >= 0.6 is 0 Å². The van der Waals surface area contributed by atoms with Crippen LogP contribution in [-0.4, -0.2) is 39.8 Å². The molecule has 0 radical (unpaired) electrons. The van der Waals surface area contributed by atoms with Gasteiger partial charge >= 0.3 is 11.9 Å². The van der Waals surface area contributed by atoms with Gasteiger partial charge in [0.1, 0.15) is 5.78 Å². The molecule has 7 heteroatoms. The fourth-order valence-corrected chi connectivity index (χ4v) is 3.58. The molecule has 1 rings (SSSR count). The van der Waals surface area contributed by atoms with E-state index in [2.05, 4.69) is 0 Å². The first-order valence-corrected chi connectivity index (χ1v) is 9.67. The average Bonchev–Trinajstić information content (AvgIpc) is 2.84. The number of carbonyl (C=O) groups is 3. The monoisotopic (exact) mass is 388 g/mol. The summed E-state index contributed by atoms with van der Waals surface area (Å²) in [7, 11) is 0. The van der Waals surface area contributed by atoms with E-state index in [0.29, 0.717) is 25.7 Å². The van der Waals surface area contributed by atoms with Crippen molar-refractivity contribution in [3.8, 4) is 0 Å². The summed E-state index contributed by atoms with van der Waals surface area (Å²) in [5.74, 6) is -5.97. The zero-order chi connectivity index (χ0) is 20.4. The van der Waals surface area contributed by atoms with Gasteiger partial charge in [0.15, 0.2) is 0 Å². The van der Waals surface area contributed by atoms with Crippen molar-refractivity contribution in [2.75, 3.05) is 0 Å². The van der Waals surface area contributed by atoms with Crippen molar-refractivity contribution in [2.24, 2.45) is 11.8 Å². The van der Waals surface area contributed by atoms with Crippen molar-refractivity contribution in [3.63, 3.8) is 0 Å². The van der Waals surface area contributed by atoms with Crippen molar-refractivity contribution < 1.29 is 33.4 Å². The summed E-state index contributed by atoms with van der Waals surface area (Å²) in [5.41, 5.74) is 0. The topological polar surface area (TPSA) is 91.7 Å². The number of halogens is 2. The maximum Gasteiger partial charge on any atom is 0.305 e. The largest absolute Gasteiger partial charge is 0.481 e. The van der Waals surface area contributed by atoms with E-state index in [9.17, 15) is 28.3 Å². The van der Waals surface area contributed by atoms with Crippen LogP contribution in [0.1, 0.15) is 71.1 Å². The predicted octanol–water partition coefficient (Wildman–Crippen LogP) is 3.93. The van der Waals surface area contributed by atoms with Gasteiger partial charge in [0.25, 0.3) is 0 Å². The zero-order valence-corrected chi connectivity index (χ0v) is 15.8. The molecule has 0 aromatic heterocycles. The van der Waals surface area contributed by atoms with E-state index < -0.39 is 30.2 Å². The Bertz CT molecular complexity index is 544. The van der Waals surface area contributed by atoms with E-state index in [1.165, 1.54) is 0 Å². The maximum atomic E-state index is 13.6. The Hall–Kier alpha value is -1.63. The zero-order valence-electron chi connectivity index (χ0n) is 15.8. The van der Waals surface area contributed by atoms with Gasteiger partial charge in [0, 0.05) is 31.6 Å². The molecule has 0 aromatic rings. The fraction of sp³-hybridized carbons (Fsp3) is 0.750. The molecule has 27 heavy (non-hydrogen) atoms. The third-order valence-corrected chi connectivity index (χ3v) is 5.07. The number of alkyl halides is 2. The Morgan fingerprint density at radius 3 is 2.56 bits per heavy atom. The first-order valence-electron chi connectivity index (χ1n) is 9.67. The lowest BCUT2D eigenvalue weighted by atomic mass is 9.86. The van der Waals surface area contributed by atoms with Crippen LogP contribution in [0.3, 0.4) is 0 Å². The number of rotatable bonds is 13. The minimum Gasteiger partial charge on any atom is -0.481 e. The van der Waals surface area contributed by atoms with Crippen LogP contribution in [0.5, 0.6) is 0 Å². The molecule has 0 aromatic carbocycles. The molecule has 5 nitrogen and oxygen atoms in total. The van der Waals surface area contributed by atoms with Gasteiger partial charge in [-0.1, -0.05) is 19.1 Å². The van der Waals surface area contributed by atoms with Crippen LogP contribution in [0.2, 0.25) is 0 Å². The predicted molar refractivity (Wildman–Crippen MR) is 96.6 cm³/mol. The Balaban J connectivity index is 2.47. The second-order valence-corrected chi connectivity index (χ2v) is 7.27. The number of Topliss-reactive ketones (excluding diaryl/α,β-unsaturated/α-hetero) is 2.